The molecule has 0 amide bonds. The van der Waals surface area contributed by atoms with Crippen LogP contribution in [0.1, 0.15) is 57.4 Å². The van der Waals surface area contributed by atoms with E-state index in [1.54, 1.807) is 0 Å². The first-order valence-electron chi connectivity index (χ1n) is 10.5. The molecule has 8 heteroatoms. The van der Waals surface area contributed by atoms with Crippen LogP contribution in [0.2, 0.25) is 0 Å². The number of thioether (sulfide) groups is 1. The summed E-state index contributed by atoms with van der Waals surface area (Å²) >= 11 is 1.37. The molecular formula is C23H27N5O2S. The molecule has 7 nitrogen and oxygen atoms in total. The molecule has 1 N–H and O–H groups in total. The second-order valence-electron chi connectivity index (χ2n) is 8.04. The number of aromatic nitrogens is 4. The van der Waals surface area contributed by atoms with Crippen molar-refractivity contribution in [1.29, 1.82) is 0 Å². The predicted octanol–water partition coefficient (Wildman–Crippen LogP) is 4.30. The molecule has 2 aromatic heterocycles. The van der Waals surface area contributed by atoms with Crippen LogP contribution >= 0.6 is 11.8 Å². The van der Waals surface area contributed by atoms with Gasteiger partial charge in [0.05, 0.1) is 17.1 Å². The number of aryl methyl sites for hydroxylation is 2. The van der Waals surface area contributed by atoms with Gasteiger partial charge in [-0.2, -0.15) is 0 Å². The van der Waals surface area contributed by atoms with E-state index < -0.39 is 0 Å². The van der Waals surface area contributed by atoms with Crippen molar-refractivity contribution in [2.45, 2.75) is 45.7 Å². The van der Waals surface area contributed by atoms with E-state index in [9.17, 15) is 9.59 Å². The minimum atomic E-state index is -0.0562. The SMILES string of the molecule is CC(=O)c1c(C)[nH]c(C(=O)CSc2nnc(N3CCCC3)n2-c2ccc(C)cc2)c1C. The maximum atomic E-state index is 13.0. The standard InChI is InChI=1S/C23H27N5O2S/c1-14-7-9-18(10-8-14)28-22(27-11-5-6-12-27)25-26-23(28)31-13-19(30)21-15(2)20(17(4)29)16(3)24-21/h7-10,24H,5-6,11-13H2,1-4H3. The molecular weight excluding hydrogens is 410 g/mol. The van der Waals surface area contributed by atoms with Crippen LogP contribution in [-0.2, 0) is 0 Å². The number of H-pyrrole nitrogens is 1. The minimum absolute atomic E-state index is 0.0349. The largest absolute Gasteiger partial charge is 0.355 e. The Morgan fingerprint density at radius 3 is 2.35 bits per heavy atom. The number of benzene rings is 1. The second-order valence-corrected chi connectivity index (χ2v) is 8.98. The van der Waals surface area contributed by atoms with E-state index in [1.807, 2.05) is 18.4 Å². The van der Waals surface area contributed by atoms with Crippen LogP contribution in [0.15, 0.2) is 29.4 Å². The Bertz CT molecular complexity index is 1120. The molecule has 0 unspecified atom stereocenters. The number of hydrogen-bond donors (Lipinski definition) is 1. The van der Waals surface area contributed by atoms with E-state index in [1.165, 1.54) is 24.2 Å². The summed E-state index contributed by atoms with van der Waals surface area (Å²) in [6, 6.07) is 8.25. The molecule has 3 heterocycles. The molecule has 0 aliphatic carbocycles. The first-order chi connectivity index (χ1) is 14.9. The Labute approximate surface area is 186 Å². The average molecular weight is 438 g/mol. The van der Waals surface area contributed by atoms with E-state index in [0.29, 0.717) is 22.0 Å². The quantitative estimate of drug-likeness (QED) is 0.438. The first-order valence-corrected chi connectivity index (χ1v) is 11.5. The number of carbonyl (C=O) groups is 2. The van der Waals surface area contributed by atoms with Gasteiger partial charge in [-0.3, -0.25) is 14.2 Å². The molecule has 0 bridgehead atoms. The number of carbonyl (C=O) groups excluding carboxylic acids is 2. The number of rotatable bonds is 7. The monoisotopic (exact) mass is 437 g/mol. The summed E-state index contributed by atoms with van der Waals surface area (Å²) < 4.78 is 2.04. The lowest BCUT2D eigenvalue weighted by molar-refractivity contribution is 0.101. The second kappa shape index (κ2) is 8.70. The molecule has 31 heavy (non-hydrogen) atoms. The highest BCUT2D eigenvalue weighted by Crippen LogP contribution is 2.29. The molecule has 4 rings (SSSR count). The third-order valence-corrected chi connectivity index (χ3v) is 6.63. The molecule has 162 valence electrons. The number of Topliss-reactive ketones (excluding diaryl/α,β-unsaturated/α-hetero) is 2. The number of aromatic amines is 1. The van der Waals surface area contributed by atoms with Gasteiger partial charge in [0.1, 0.15) is 0 Å². The van der Waals surface area contributed by atoms with Crippen LogP contribution in [0, 0.1) is 20.8 Å². The van der Waals surface area contributed by atoms with Crippen molar-refractivity contribution in [2.24, 2.45) is 0 Å². The van der Waals surface area contributed by atoms with Gasteiger partial charge in [-0.25, -0.2) is 0 Å². The molecule has 0 radical (unpaired) electrons. The average Bonchev–Trinajstić information content (AvgIpc) is 3.45. The Morgan fingerprint density at radius 1 is 1.06 bits per heavy atom. The first kappa shape index (κ1) is 21.4. The summed E-state index contributed by atoms with van der Waals surface area (Å²) in [6.45, 7) is 9.14. The number of nitrogens with zero attached hydrogens (tertiary/aromatic N) is 4. The van der Waals surface area contributed by atoms with Gasteiger partial charge < -0.3 is 9.88 Å². The van der Waals surface area contributed by atoms with Crippen molar-refractivity contribution < 1.29 is 9.59 Å². The van der Waals surface area contributed by atoms with Crippen LogP contribution in [0.4, 0.5) is 5.95 Å². The van der Waals surface area contributed by atoms with Crippen molar-refractivity contribution >= 4 is 29.3 Å². The van der Waals surface area contributed by atoms with Gasteiger partial charge in [-0.05, 0) is 58.2 Å². The van der Waals surface area contributed by atoms with E-state index in [2.05, 4.69) is 51.3 Å². The third kappa shape index (κ3) is 4.17. The van der Waals surface area contributed by atoms with Gasteiger partial charge in [0.15, 0.2) is 16.7 Å². The van der Waals surface area contributed by atoms with E-state index >= 15 is 0 Å². The Hall–Kier alpha value is -2.87. The van der Waals surface area contributed by atoms with Gasteiger partial charge in [0.2, 0.25) is 5.95 Å². The lowest BCUT2D eigenvalue weighted by Gasteiger charge is -2.18. The zero-order valence-electron chi connectivity index (χ0n) is 18.4. The topological polar surface area (TPSA) is 83.9 Å². The maximum absolute atomic E-state index is 13.0. The Balaban J connectivity index is 1.61. The maximum Gasteiger partial charge on any atom is 0.232 e. The molecule has 1 saturated heterocycles. The highest BCUT2D eigenvalue weighted by molar-refractivity contribution is 7.99. The lowest BCUT2D eigenvalue weighted by atomic mass is 10.1. The van der Waals surface area contributed by atoms with Crippen molar-refractivity contribution in [1.82, 2.24) is 19.7 Å². The summed E-state index contributed by atoms with van der Waals surface area (Å²) in [7, 11) is 0. The van der Waals surface area contributed by atoms with Gasteiger partial charge in [0.25, 0.3) is 0 Å². The minimum Gasteiger partial charge on any atom is -0.355 e. The fourth-order valence-corrected chi connectivity index (χ4v) is 4.98. The fourth-order valence-electron chi connectivity index (χ4n) is 4.16. The zero-order chi connectivity index (χ0) is 22.1. The van der Waals surface area contributed by atoms with Crippen molar-refractivity contribution in [3.8, 4) is 5.69 Å². The lowest BCUT2D eigenvalue weighted by Crippen LogP contribution is -2.22. The van der Waals surface area contributed by atoms with E-state index in [0.717, 1.165) is 43.3 Å². The zero-order valence-corrected chi connectivity index (χ0v) is 19.2. The van der Waals surface area contributed by atoms with E-state index in [-0.39, 0.29) is 17.3 Å². The molecule has 1 aliphatic rings. The Kier molecular flexibility index (Phi) is 6.00. The summed E-state index contributed by atoms with van der Waals surface area (Å²) in [4.78, 5) is 30.2. The number of ketones is 2. The highest BCUT2D eigenvalue weighted by atomic mass is 32.2. The van der Waals surface area contributed by atoms with Crippen LogP contribution < -0.4 is 4.90 Å². The summed E-state index contributed by atoms with van der Waals surface area (Å²) in [5, 5.41) is 9.56. The van der Waals surface area contributed by atoms with Crippen molar-refractivity contribution in [2.75, 3.05) is 23.7 Å². The van der Waals surface area contributed by atoms with Gasteiger partial charge in [0, 0.05) is 24.3 Å². The van der Waals surface area contributed by atoms with Crippen LogP contribution in [-0.4, -0.2) is 50.2 Å². The van der Waals surface area contributed by atoms with Gasteiger partial charge >= 0.3 is 0 Å². The van der Waals surface area contributed by atoms with Crippen molar-refractivity contribution in [3.63, 3.8) is 0 Å². The molecule has 0 spiro atoms. The fraction of sp³-hybridized carbons (Fsp3) is 0.391. The molecule has 0 saturated carbocycles. The number of anilines is 1. The molecule has 1 fully saturated rings. The van der Waals surface area contributed by atoms with Crippen LogP contribution in [0.3, 0.4) is 0 Å². The van der Waals surface area contributed by atoms with Gasteiger partial charge in [-0.1, -0.05) is 29.5 Å². The number of hydrogen-bond acceptors (Lipinski definition) is 6. The predicted molar refractivity (Wildman–Crippen MR) is 123 cm³/mol. The molecule has 3 aromatic rings. The summed E-state index contributed by atoms with van der Waals surface area (Å²) in [5.74, 6) is 0.941. The summed E-state index contributed by atoms with van der Waals surface area (Å²) in [5.41, 5.74) is 4.72. The van der Waals surface area contributed by atoms with Gasteiger partial charge in [-0.15, -0.1) is 10.2 Å². The van der Waals surface area contributed by atoms with Crippen LogP contribution in [0.25, 0.3) is 5.69 Å². The van der Waals surface area contributed by atoms with Crippen molar-refractivity contribution in [3.05, 3.63) is 52.3 Å². The highest BCUT2D eigenvalue weighted by Gasteiger charge is 2.24. The molecule has 0 atom stereocenters. The molecule has 1 aliphatic heterocycles. The summed E-state index contributed by atoms with van der Waals surface area (Å²) in [6.07, 6.45) is 2.29. The smallest absolute Gasteiger partial charge is 0.232 e. The molecule has 1 aromatic carbocycles. The number of nitrogens with one attached hydrogen (secondary N) is 1. The van der Waals surface area contributed by atoms with E-state index in [4.69, 9.17) is 0 Å². The Morgan fingerprint density at radius 2 is 1.74 bits per heavy atom. The normalized spacial score (nSPS) is 13.7. The van der Waals surface area contributed by atoms with Crippen LogP contribution in [0.5, 0.6) is 0 Å². The third-order valence-electron chi connectivity index (χ3n) is 5.70.